The average Bonchev–Trinajstić information content (AvgIpc) is 3.42. The summed E-state index contributed by atoms with van der Waals surface area (Å²) in [6, 6.07) is 0. The molecule has 348 valence electrons. The van der Waals surface area contributed by atoms with E-state index < -0.39 is 50.4 Å². The fourth-order valence-corrected chi connectivity index (χ4v) is 1.02. The number of hydrogen-bond donors (Lipinski definition) is 0. The Kier molecular flexibility index (Phi) is 75.4. The molecule has 0 aromatic heterocycles. The van der Waals surface area contributed by atoms with Crippen LogP contribution in [0.2, 0.25) is 0 Å². The van der Waals surface area contributed by atoms with E-state index in [1.807, 2.05) is 0 Å². The third-order valence-electron chi connectivity index (χ3n) is 1.65. The zero-order chi connectivity index (χ0) is 47.6. The van der Waals surface area contributed by atoms with Crippen LogP contribution in [0.4, 0.5) is 0 Å². The summed E-state index contributed by atoms with van der Waals surface area (Å²) in [4.78, 5) is 0. The van der Waals surface area contributed by atoms with Crippen LogP contribution in [0.25, 0.3) is 0 Å². The van der Waals surface area contributed by atoms with Crippen molar-refractivity contribution in [1.29, 1.82) is 0 Å². The molecule has 0 aromatic rings. The molecule has 58 heavy (non-hydrogen) atoms. The summed E-state index contributed by atoms with van der Waals surface area (Å²) in [5, 5.41) is 90.9. The second kappa shape index (κ2) is 47.4. The quantitative estimate of drug-likeness (QED) is 0.292. The second-order valence-electron chi connectivity index (χ2n) is 21.7. The Bertz CT molecular complexity index is 484. The van der Waals surface area contributed by atoms with Gasteiger partial charge in [-0.3, -0.25) is 0 Å². The SMILES string of the molecule is C1CCOC1.C1CCOC1.CC(C)(C)[O-].CC(C)(C)[O-].CC(C)(C)[O-].CC(C)(C)[O-].CC(C)(C)[O-].CC(C)(C)[O-].CC(C)(C)[O-].CC(C)(C)[O-].CC(C)(C)[O-].[Ce+4].[Ce+4].[K+]. The molecule has 2 saturated heterocycles. The number of rotatable bonds is 0. The normalized spacial score (nSPS) is 13.4. The maximum Gasteiger partial charge on any atom is 4.00 e. The molecule has 2 heterocycles. The first-order chi connectivity index (χ1) is 23.0. The van der Waals surface area contributed by atoms with Crippen LogP contribution in [0.15, 0.2) is 0 Å². The molecule has 0 amide bonds. The van der Waals surface area contributed by atoms with Crippen LogP contribution in [0.5, 0.6) is 0 Å². The van der Waals surface area contributed by atoms with Gasteiger partial charge in [-0.1, -0.05) is 187 Å². The van der Waals surface area contributed by atoms with Crippen molar-refractivity contribution in [2.75, 3.05) is 26.4 Å². The molecule has 0 bridgehead atoms. The van der Waals surface area contributed by atoms with Crippen molar-refractivity contribution in [3.8, 4) is 0 Å². The van der Waals surface area contributed by atoms with Gasteiger partial charge in [0.2, 0.25) is 0 Å². The van der Waals surface area contributed by atoms with E-state index in [1.54, 1.807) is 187 Å². The fourth-order valence-electron chi connectivity index (χ4n) is 1.02. The molecule has 0 saturated carbocycles. The molecule has 0 unspecified atom stereocenters. The molecule has 0 radical (unpaired) electrons. The van der Waals surface area contributed by atoms with Gasteiger partial charge in [0, 0.05) is 26.4 Å². The van der Waals surface area contributed by atoms with E-state index in [0.717, 1.165) is 26.4 Å². The van der Waals surface area contributed by atoms with Crippen molar-refractivity contribution in [1.82, 2.24) is 0 Å². The van der Waals surface area contributed by atoms with Gasteiger partial charge >= 0.3 is 135 Å². The maximum absolute atomic E-state index is 10.1. The summed E-state index contributed by atoms with van der Waals surface area (Å²) in [5.41, 5.74) is -6.75. The van der Waals surface area contributed by atoms with E-state index >= 15 is 0 Å². The van der Waals surface area contributed by atoms with E-state index in [2.05, 4.69) is 0 Å². The number of hydrogen-bond acceptors (Lipinski definition) is 11. The van der Waals surface area contributed by atoms with Crippen molar-refractivity contribution in [2.24, 2.45) is 0 Å². The summed E-state index contributed by atoms with van der Waals surface area (Å²) in [6.07, 6.45) is 5.11. The van der Waals surface area contributed by atoms with Crippen molar-refractivity contribution in [3.05, 3.63) is 0 Å². The molecule has 0 atom stereocenters. The average molecular weight is 1120 g/mol. The molecule has 2 aliphatic heterocycles. The minimum absolute atomic E-state index is 0. The summed E-state index contributed by atoms with van der Waals surface area (Å²) < 4.78 is 9.89. The van der Waals surface area contributed by atoms with Gasteiger partial charge in [0.15, 0.2) is 0 Å². The van der Waals surface area contributed by atoms with Crippen LogP contribution >= 0.6 is 0 Å². The second-order valence-corrected chi connectivity index (χ2v) is 21.7. The zero-order valence-electron chi connectivity index (χ0n) is 43.6. The van der Waals surface area contributed by atoms with Crippen LogP contribution in [-0.2, 0) is 9.47 Å². The molecule has 0 N–H and O–H groups in total. The van der Waals surface area contributed by atoms with Gasteiger partial charge in [-0.25, -0.2) is 0 Å². The van der Waals surface area contributed by atoms with Crippen LogP contribution in [0.1, 0.15) is 213 Å². The van der Waals surface area contributed by atoms with E-state index in [4.69, 9.17) is 9.47 Å². The molecule has 2 fully saturated rings. The Morgan fingerprint density at radius 2 is 0.276 bits per heavy atom. The summed E-state index contributed by atoms with van der Waals surface area (Å²) in [6.45, 7) is 48.1. The molecule has 14 heteroatoms. The van der Waals surface area contributed by atoms with Crippen LogP contribution in [-0.4, -0.2) is 76.8 Å². The Hall–Kier alpha value is 3.95. The largest absolute Gasteiger partial charge is 4.00 e. The topological polar surface area (TPSA) is 226 Å². The van der Waals surface area contributed by atoms with Gasteiger partial charge in [0.1, 0.15) is 0 Å². The van der Waals surface area contributed by atoms with Crippen molar-refractivity contribution in [2.45, 2.75) is 263 Å². The van der Waals surface area contributed by atoms with E-state index in [1.165, 1.54) is 25.7 Å². The third kappa shape index (κ3) is 1070. The van der Waals surface area contributed by atoms with Crippen LogP contribution < -0.4 is 97.3 Å². The fraction of sp³-hybridized carbons (Fsp3) is 1.00. The van der Waals surface area contributed by atoms with Crippen molar-refractivity contribution >= 4 is 0 Å². The Morgan fingerprint density at radius 3 is 0.293 bits per heavy atom. The summed E-state index contributed by atoms with van der Waals surface area (Å²) in [5.74, 6) is 0. The molecular weight excluding hydrogens is 1020 g/mol. The number of ether oxygens (including phenoxy) is 2. The van der Waals surface area contributed by atoms with Crippen molar-refractivity contribution < 1.29 is 190 Å². The third-order valence-corrected chi connectivity index (χ3v) is 1.65. The Balaban J connectivity index is -0.0000000399. The van der Waals surface area contributed by atoms with Gasteiger partial charge in [0.05, 0.1) is 0 Å². The molecule has 0 spiro atoms. The Labute approximate surface area is 473 Å². The van der Waals surface area contributed by atoms with E-state index in [9.17, 15) is 46.0 Å². The van der Waals surface area contributed by atoms with Crippen molar-refractivity contribution in [3.63, 3.8) is 0 Å². The minimum atomic E-state index is -0.750. The van der Waals surface area contributed by atoms with Gasteiger partial charge < -0.3 is 55.4 Å². The molecule has 2 rings (SSSR count). The van der Waals surface area contributed by atoms with Gasteiger partial charge in [-0.2, -0.15) is 0 Å². The smallest absolute Gasteiger partial charge is 0.850 e. The van der Waals surface area contributed by atoms with Gasteiger partial charge in [-0.05, 0) is 25.7 Å². The predicted molar refractivity (Wildman–Crippen MR) is 218 cm³/mol. The minimum Gasteiger partial charge on any atom is -0.850 e. The van der Waals surface area contributed by atoms with Crippen LogP contribution in [0, 0.1) is 83.5 Å². The first-order valence-corrected chi connectivity index (χ1v) is 19.5. The molecular formula is C44H97Ce2KO11. The van der Waals surface area contributed by atoms with E-state index in [-0.39, 0.29) is 135 Å². The first kappa shape index (κ1) is 92.2. The first-order valence-electron chi connectivity index (χ1n) is 19.5. The summed E-state index contributed by atoms with van der Waals surface area (Å²) >= 11 is 0. The van der Waals surface area contributed by atoms with E-state index in [0.29, 0.717) is 0 Å². The standard InChI is InChI=1S/2C4H8O.9C4H9O.2Ce.K/c2*1-2-4-5-3-1;9*1-4(2,3)5;;;/h2*1-4H2;9*1-3H3;;;/q;;9*-1;2*+4;+1. The zero-order valence-corrected chi connectivity index (χ0v) is 53.1. The molecule has 0 aromatic carbocycles. The maximum atomic E-state index is 10.1. The molecule has 11 nitrogen and oxygen atoms in total. The molecule has 2 aliphatic rings. The van der Waals surface area contributed by atoms with Gasteiger partial charge in [-0.15, -0.1) is 50.4 Å². The van der Waals surface area contributed by atoms with Gasteiger partial charge in [0.25, 0.3) is 0 Å². The summed E-state index contributed by atoms with van der Waals surface area (Å²) in [7, 11) is 0. The Morgan fingerprint density at radius 1 is 0.224 bits per heavy atom. The monoisotopic (exact) mass is 1120 g/mol. The van der Waals surface area contributed by atoms with Crippen LogP contribution in [0.3, 0.4) is 0 Å². The predicted octanol–water partition coefficient (Wildman–Crippen LogP) is -0.0956. The molecule has 0 aliphatic carbocycles.